The molecule has 1 aliphatic rings. The Hall–Kier alpha value is -0.990. The van der Waals surface area contributed by atoms with Crippen LogP contribution >= 0.6 is 23.2 Å². The highest BCUT2D eigenvalue weighted by molar-refractivity contribution is 7.90. The average Bonchev–Trinajstić information content (AvgIpc) is 3.07. The largest absolute Gasteiger partial charge is 0.516 e. The molecule has 1 aromatic rings. The fourth-order valence-electron chi connectivity index (χ4n) is 1.90. The van der Waals surface area contributed by atoms with Gasteiger partial charge in [0.05, 0.1) is 5.41 Å². The Labute approximate surface area is 128 Å². The summed E-state index contributed by atoms with van der Waals surface area (Å²) in [5.41, 5.74) is -6.66. The summed E-state index contributed by atoms with van der Waals surface area (Å²) in [6.45, 7) is 0. The number of carbonyl (C=O) groups is 1. The molecule has 2 rings (SSSR count). The maximum Gasteiger partial charge on any atom is 0.516 e. The second kappa shape index (κ2) is 5.03. The summed E-state index contributed by atoms with van der Waals surface area (Å²) < 4.78 is 59.9. The standard InChI is InChI=1S/C11H8Cl2F3NO3S/c12-6-1-2-7(8(13)5-6)10(3-4-10)9(18)17-21(19,20)11(14,15)16/h1-2,5H,3-4H2,(H,17,18). The van der Waals surface area contributed by atoms with Crippen molar-refractivity contribution in [2.75, 3.05) is 0 Å². The van der Waals surface area contributed by atoms with Gasteiger partial charge < -0.3 is 0 Å². The van der Waals surface area contributed by atoms with Crippen LogP contribution < -0.4 is 4.72 Å². The SMILES string of the molecule is O=C(NS(=O)(=O)C(F)(F)F)C1(c2ccc(Cl)cc2Cl)CC1. The van der Waals surface area contributed by atoms with Crippen LogP contribution in [0, 0.1) is 0 Å². The van der Waals surface area contributed by atoms with E-state index in [1.54, 1.807) is 0 Å². The lowest BCUT2D eigenvalue weighted by molar-refractivity contribution is -0.122. The van der Waals surface area contributed by atoms with Gasteiger partial charge in [-0.15, -0.1) is 0 Å². The topological polar surface area (TPSA) is 63.2 Å². The lowest BCUT2D eigenvalue weighted by Gasteiger charge is -2.18. The third-order valence-corrected chi connectivity index (χ3v) is 4.77. The van der Waals surface area contributed by atoms with Crippen molar-refractivity contribution in [1.82, 2.24) is 4.72 Å². The molecule has 0 bridgehead atoms. The van der Waals surface area contributed by atoms with E-state index in [1.807, 2.05) is 0 Å². The fourth-order valence-corrected chi connectivity index (χ4v) is 3.04. The minimum atomic E-state index is -5.74. The summed E-state index contributed by atoms with van der Waals surface area (Å²) in [4.78, 5) is 11.9. The lowest BCUT2D eigenvalue weighted by atomic mass is 9.95. The second-order valence-electron chi connectivity index (χ2n) is 4.59. The number of halogens is 5. The van der Waals surface area contributed by atoms with E-state index in [1.165, 1.54) is 18.2 Å². The Morgan fingerprint density at radius 3 is 2.24 bits per heavy atom. The molecule has 1 N–H and O–H groups in total. The first-order chi connectivity index (χ1) is 9.49. The number of carbonyl (C=O) groups excluding carboxylic acids is 1. The van der Waals surface area contributed by atoms with Gasteiger partial charge in [-0.2, -0.15) is 21.6 Å². The molecule has 1 amide bonds. The fraction of sp³-hybridized carbons (Fsp3) is 0.364. The van der Waals surface area contributed by atoms with Gasteiger partial charge in [-0.3, -0.25) is 4.79 Å². The molecule has 0 radical (unpaired) electrons. The summed E-state index contributed by atoms with van der Waals surface area (Å²) in [6, 6.07) is 4.16. The van der Waals surface area contributed by atoms with Crippen LogP contribution in [0.15, 0.2) is 18.2 Å². The molecule has 0 heterocycles. The molecule has 0 aromatic heterocycles. The monoisotopic (exact) mass is 361 g/mol. The van der Waals surface area contributed by atoms with Gasteiger partial charge >= 0.3 is 15.5 Å². The molecule has 1 aliphatic carbocycles. The van der Waals surface area contributed by atoms with Crippen molar-refractivity contribution < 1.29 is 26.4 Å². The quantitative estimate of drug-likeness (QED) is 0.899. The molecular formula is C11H8Cl2F3NO3S. The molecule has 1 fully saturated rings. The smallest absolute Gasteiger partial charge is 0.273 e. The first-order valence-corrected chi connectivity index (χ1v) is 7.82. The number of alkyl halides is 3. The van der Waals surface area contributed by atoms with E-state index >= 15 is 0 Å². The number of nitrogens with one attached hydrogen (secondary N) is 1. The number of sulfonamides is 1. The maximum absolute atomic E-state index is 12.3. The van der Waals surface area contributed by atoms with Gasteiger partial charge in [0.25, 0.3) is 0 Å². The van der Waals surface area contributed by atoms with E-state index in [0.717, 1.165) is 4.72 Å². The first kappa shape index (κ1) is 16.4. The van der Waals surface area contributed by atoms with Crippen molar-refractivity contribution in [3.63, 3.8) is 0 Å². The van der Waals surface area contributed by atoms with Crippen molar-refractivity contribution >= 4 is 39.1 Å². The highest BCUT2D eigenvalue weighted by atomic mass is 35.5. The van der Waals surface area contributed by atoms with Crippen LogP contribution in [-0.2, 0) is 20.2 Å². The summed E-state index contributed by atoms with van der Waals surface area (Å²) in [6.07, 6.45) is 0.404. The van der Waals surface area contributed by atoms with E-state index < -0.39 is 26.9 Å². The van der Waals surface area contributed by atoms with Gasteiger partial charge in [-0.05, 0) is 30.5 Å². The molecule has 0 atom stereocenters. The zero-order chi connectivity index (χ0) is 16.1. The highest BCUT2D eigenvalue weighted by Gasteiger charge is 2.56. The van der Waals surface area contributed by atoms with Gasteiger partial charge in [-0.1, -0.05) is 29.3 Å². The normalized spacial score (nSPS) is 17.4. The highest BCUT2D eigenvalue weighted by Crippen LogP contribution is 2.51. The maximum atomic E-state index is 12.3. The van der Waals surface area contributed by atoms with Crippen LogP contribution in [0.3, 0.4) is 0 Å². The van der Waals surface area contributed by atoms with Gasteiger partial charge in [0, 0.05) is 10.0 Å². The van der Waals surface area contributed by atoms with Crippen molar-refractivity contribution in [3.05, 3.63) is 33.8 Å². The number of hydrogen-bond donors (Lipinski definition) is 1. The predicted octanol–water partition coefficient (Wildman–Crippen LogP) is 2.99. The van der Waals surface area contributed by atoms with Crippen molar-refractivity contribution in [2.45, 2.75) is 23.8 Å². The molecule has 0 unspecified atom stereocenters. The Kier molecular flexibility index (Phi) is 3.92. The average molecular weight is 362 g/mol. The molecular weight excluding hydrogens is 354 g/mol. The minimum absolute atomic E-state index is 0.0968. The summed E-state index contributed by atoms with van der Waals surface area (Å²) in [5, 5.41) is 0.391. The summed E-state index contributed by atoms with van der Waals surface area (Å²) in [5.74, 6) is -1.25. The zero-order valence-corrected chi connectivity index (χ0v) is 12.5. The van der Waals surface area contributed by atoms with Crippen LogP contribution in [0.5, 0.6) is 0 Å². The second-order valence-corrected chi connectivity index (χ2v) is 7.10. The molecule has 1 saturated carbocycles. The minimum Gasteiger partial charge on any atom is -0.273 e. The predicted molar refractivity (Wildman–Crippen MR) is 70.5 cm³/mol. The van der Waals surface area contributed by atoms with Crippen LogP contribution in [0.25, 0.3) is 0 Å². The van der Waals surface area contributed by atoms with Crippen molar-refractivity contribution in [1.29, 1.82) is 0 Å². The third kappa shape index (κ3) is 2.97. The Balaban J connectivity index is 2.31. The molecule has 1 aromatic carbocycles. The van der Waals surface area contributed by atoms with Crippen LogP contribution in [0.2, 0.25) is 10.0 Å². The van der Waals surface area contributed by atoms with E-state index in [-0.39, 0.29) is 23.4 Å². The van der Waals surface area contributed by atoms with Crippen LogP contribution in [-0.4, -0.2) is 19.8 Å². The van der Waals surface area contributed by atoms with Gasteiger partial charge in [0.15, 0.2) is 0 Å². The first-order valence-electron chi connectivity index (χ1n) is 5.59. The number of amides is 1. The lowest BCUT2D eigenvalue weighted by Crippen LogP contribution is -2.44. The molecule has 116 valence electrons. The Morgan fingerprint density at radius 2 is 1.81 bits per heavy atom. The van der Waals surface area contributed by atoms with Crippen molar-refractivity contribution in [3.8, 4) is 0 Å². The Morgan fingerprint density at radius 1 is 1.24 bits per heavy atom. The number of hydrogen-bond acceptors (Lipinski definition) is 3. The third-order valence-electron chi connectivity index (χ3n) is 3.16. The van der Waals surface area contributed by atoms with Gasteiger partial charge in [0.1, 0.15) is 0 Å². The van der Waals surface area contributed by atoms with Crippen molar-refractivity contribution in [2.24, 2.45) is 0 Å². The molecule has 10 heteroatoms. The van der Waals surface area contributed by atoms with Crippen LogP contribution in [0.4, 0.5) is 13.2 Å². The summed E-state index contributed by atoms with van der Waals surface area (Å²) in [7, 11) is -5.74. The van der Waals surface area contributed by atoms with E-state index in [4.69, 9.17) is 23.2 Å². The molecule has 0 saturated heterocycles. The zero-order valence-electron chi connectivity index (χ0n) is 10.2. The van der Waals surface area contributed by atoms with E-state index in [2.05, 4.69) is 0 Å². The molecule has 21 heavy (non-hydrogen) atoms. The van der Waals surface area contributed by atoms with E-state index in [9.17, 15) is 26.4 Å². The Bertz CT molecular complexity index is 699. The van der Waals surface area contributed by atoms with Gasteiger partial charge in [0.2, 0.25) is 5.91 Å². The summed E-state index contributed by atoms with van der Waals surface area (Å²) >= 11 is 11.6. The van der Waals surface area contributed by atoms with E-state index in [0.29, 0.717) is 5.02 Å². The van der Waals surface area contributed by atoms with Crippen LogP contribution in [0.1, 0.15) is 18.4 Å². The van der Waals surface area contributed by atoms with Gasteiger partial charge in [-0.25, -0.2) is 4.72 Å². The molecule has 4 nitrogen and oxygen atoms in total. The molecule has 0 aliphatic heterocycles. The number of benzene rings is 1. The number of rotatable bonds is 3. The molecule has 0 spiro atoms.